The summed E-state index contributed by atoms with van der Waals surface area (Å²) < 4.78 is 7.39. The molecule has 1 fully saturated rings. The Hall–Kier alpha value is -5.12. The molecule has 1 unspecified atom stereocenters. The van der Waals surface area contributed by atoms with Crippen molar-refractivity contribution in [3.05, 3.63) is 102 Å². The summed E-state index contributed by atoms with van der Waals surface area (Å²) in [6.45, 7) is 0.904. The largest absolute Gasteiger partial charge is 0.497 e. The number of amides is 2. The van der Waals surface area contributed by atoms with Crippen LogP contribution < -0.4 is 20.7 Å². The van der Waals surface area contributed by atoms with Crippen molar-refractivity contribution < 1.29 is 9.53 Å². The summed E-state index contributed by atoms with van der Waals surface area (Å²) in [6, 6.07) is 23.5. The number of nitrogens with one attached hydrogen (secondary N) is 3. The molecule has 0 saturated carbocycles. The summed E-state index contributed by atoms with van der Waals surface area (Å²) in [6.07, 6.45) is 3.28. The van der Waals surface area contributed by atoms with Crippen molar-refractivity contribution in [3.8, 4) is 5.75 Å². The van der Waals surface area contributed by atoms with Crippen LogP contribution >= 0.6 is 0 Å². The molecule has 202 valence electrons. The van der Waals surface area contributed by atoms with E-state index >= 15 is 0 Å². The van der Waals surface area contributed by atoms with Gasteiger partial charge in [-0.3, -0.25) is 4.90 Å². The van der Waals surface area contributed by atoms with Crippen molar-refractivity contribution in [2.45, 2.75) is 18.6 Å². The number of aliphatic imine (C=N–C) groups is 2. The van der Waals surface area contributed by atoms with Gasteiger partial charge in [-0.1, -0.05) is 36.4 Å². The third-order valence-electron chi connectivity index (χ3n) is 7.36. The number of fused-ring (bicyclic) bond motifs is 3. The molecule has 2 amide bonds. The normalized spacial score (nSPS) is 17.4. The Kier molecular flexibility index (Phi) is 6.43. The molecule has 3 aromatic carbocycles. The average Bonchev–Trinajstić information content (AvgIpc) is 3.46. The highest BCUT2D eigenvalue weighted by atomic mass is 16.5. The van der Waals surface area contributed by atoms with Gasteiger partial charge in [-0.25, -0.2) is 19.8 Å². The zero-order chi connectivity index (χ0) is 27.7. The predicted octanol–water partition coefficient (Wildman–Crippen LogP) is 4.56. The molecular weight excluding hydrogens is 504 g/mol. The molecule has 0 bridgehead atoms. The van der Waals surface area contributed by atoms with Gasteiger partial charge in [0.25, 0.3) is 0 Å². The maximum absolute atomic E-state index is 13.7. The van der Waals surface area contributed by atoms with Crippen LogP contribution in [0.15, 0.2) is 89.1 Å². The van der Waals surface area contributed by atoms with Gasteiger partial charge in [0, 0.05) is 25.5 Å². The fourth-order valence-corrected chi connectivity index (χ4v) is 5.20. The monoisotopic (exact) mass is 534 g/mol. The van der Waals surface area contributed by atoms with Crippen LogP contribution in [-0.2, 0) is 18.6 Å². The van der Waals surface area contributed by atoms with Crippen molar-refractivity contribution in [1.29, 1.82) is 0 Å². The molecule has 1 saturated heterocycles. The van der Waals surface area contributed by atoms with Crippen LogP contribution in [0.5, 0.6) is 5.75 Å². The fourth-order valence-electron chi connectivity index (χ4n) is 5.20. The van der Waals surface area contributed by atoms with Crippen LogP contribution in [0.1, 0.15) is 22.4 Å². The lowest BCUT2D eigenvalue weighted by molar-refractivity contribution is 0.225. The maximum Gasteiger partial charge on any atom is 0.324 e. The number of benzene rings is 3. The van der Waals surface area contributed by atoms with E-state index in [9.17, 15) is 4.79 Å². The van der Waals surface area contributed by atoms with E-state index in [0.717, 1.165) is 28.1 Å². The number of hydrogen-bond acceptors (Lipinski definition) is 7. The molecule has 0 radical (unpaired) electrons. The molecule has 1 aromatic heterocycles. The minimum absolute atomic E-state index is 0.259. The SMILES string of the molecule is CNc1ccc(CN2C(=O)NC3(c4ccc(OC)cc4)C2=NC=Nc2c3ncn2Cc2ccc(NC)cc2)cc1. The van der Waals surface area contributed by atoms with Gasteiger partial charge in [-0.2, -0.15) is 0 Å². The van der Waals surface area contributed by atoms with E-state index in [1.807, 2.05) is 79.3 Å². The van der Waals surface area contributed by atoms with Crippen molar-refractivity contribution >= 4 is 35.4 Å². The van der Waals surface area contributed by atoms with Gasteiger partial charge < -0.3 is 25.3 Å². The molecule has 2 aliphatic rings. The molecule has 0 spiro atoms. The average molecular weight is 535 g/mol. The lowest BCUT2D eigenvalue weighted by atomic mass is 9.85. The second kappa shape index (κ2) is 10.2. The van der Waals surface area contributed by atoms with Crippen LogP contribution in [-0.4, -0.2) is 53.9 Å². The van der Waals surface area contributed by atoms with Crippen LogP contribution in [0.25, 0.3) is 0 Å². The molecule has 2 aliphatic heterocycles. The summed E-state index contributed by atoms with van der Waals surface area (Å²) in [4.78, 5) is 29.7. The van der Waals surface area contributed by atoms with Crippen molar-refractivity contribution in [2.75, 3.05) is 31.8 Å². The Balaban J connectivity index is 1.44. The number of hydrogen-bond donors (Lipinski definition) is 3. The number of ether oxygens (including phenoxy) is 1. The topological polar surface area (TPSA) is 108 Å². The van der Waals surface area contributed by atoms with Gasteiger partial charge in [0.15, 0.2) is 17.2 Å². The van der Waals surface area contributed by atoms with Crippen LogP contribution in [0.4, 0.5) is 22.0 Å². The number of urea groups is 1. The number of carbonyl (C=O) groups is 1. The first-order valence-corrected chi connectivity index (χ1v) is 13.0. The van der Waals surface area contributed by atoms with E-state index in [4.69, 9.17) is 19.7 Å². The summed E-state index contributed by atoms with van der Waals surface area (Å²) in [5, 5.41) is 9.51. The third kappa shape index (κ3) is 4.23. The van der Waals surface area contributed by atoms with Crippen molar-refractivity contribution in [3.63, 3.8) is 0 Å². The molecule has 4 aromatic rings. The molecule has 10 nitrogen and oxygen atoms in total. The molecule has 3 heterocycles. The molecule has 10 heteroatoms. The Morgan fingerprint density at radius 2 is 1.50 bits per heavy atom. The Morgan fingerprint density at radius 3 is 2.10 bits per heavy atom. The standard InChI is InChI=1S/C30H30N8O2/c1-31-23-10-4-20(5-11-23)16-37-19-35-26-27(37)33-18-34-28-30(26,22-8-14-25(40-3)15-9-22)36-29(39)38(28)17-21-6-12-24(32-2)13-7-21/h4-15,18-19,31-32H,16-17H2,1-3H3,(H,36,39). The Bertz CT molecular complexity index is 1590. The lowest BCUT2D eigenvalue weighted by Gasteiger charge is -2.28. The minimum Gasteiger partial charge on any atom is -0.497 e. The van der Waals surface area contributed by atoms with Crippen molar-refractivity contribution in [2.24, 2.45) is 9.98 Å². The fraction of sp³-hybridized carbons (Fsp3) is 0.200. The molecule has 3 N–H and O–H groups in total. The minimum atomic E-state index is -1.14. The summed E-state index contributed by atoms with van der Waals surface area (Å²) in [5.41, 5.74) is 4.39. The van der Waals surface area contributed by atoms with Crippen LogP contribution in [0.2, 0.25) is 0 Å². The highest BCUT2D eigenvalue weighted by molar-refractivity contribution is 6.15. The quantitative estimate of drug-likeness (QED) is 0.307. The smallest absolute Gasteiger partial charge is 0.324 e. The van der Waals surface area contributed by atoms with Crippen molar-refractivity contribution in [1.82, 2.24) is 19.8 Å². The number of aromatic nitrogens is 2. The number of rotatable bonds is 8. The predicted molar refractivity (Wildman–Crippen MR) is 157 cm³/mol. The van der Waals surface area contributed by atoms with Gasteiger partial charge >= 0.3 is 6.03 Å². The van der Waals surface area contributed by atoms with E-state index in [1.54, 1.807) is 18.3 Å². The number of anilines is 2. The highest BCUT2D eigenvalue weighted by Gasteiger charge is 2.55. The van der Waals surface area contributed by atoms with Crippen LogP contribution in [0.3, 0.4) is 0 Å². The van der Waals surface area contributed by atoms with Gasteiger partial charge in [0.05, 0.1) is 26.5 Å². The molecule has 1 atom stereocenters. The zero-order valence-electron chi connectivity index (χ0n) is 22.5. The van der Waals surface area contributed by atoms with E-state index in [-0.39, 0.29) is 6.03 Å². The summed E-state index contributed by atoms with van der Waals surface area (Å²) in [5.74, 6) is 1.87. The van der Waals surface area contributed by atoms with Crippen LogP contribution in [0, 0.1) is 0 Å². The van der Waals surface area contributed by atoms with Gasteiger partial charge in [0.2, 0.25) is 0 Å². The van der Waals surface area contributed by atoms with E-state index < -0.39 is 5.54 Å². The van der Waals surface area contributed by atoms with E-state index in [2.05, 4.69) is 28.1 Å². The Morgan fingerprint density at radius 1 is 0.875 bits per heavy atom. The first-order valence-electron chi connectivity index (χ1n) is 13.0. The Labute approximate surface area is 232 Å². The zero-order valence-corrected chi connectivity index (χ0v) is 22.5. The third-order valence-corrected chi connectivity index (χ3v) is 7.36. The second-order valence-corrected chi connectivity index (χ2v) is 9.63. The van der Waals surface area contributed by atoms with E-state index in [0.29, 0.717) is 36.2 Å². The maximum atomic E-state index is 13.7. The number of methoxy groups -OCH3 is 1. The molecule has 6 rings (SSSR count). The van der Waals surface area contributed by atoms with E-state index in [1.165, 1.54) is 6.34 Å². The number of carbonyl (C=O) groups excluding carboxylic acids is 1. The highest BCUT2D eigenvalue weighted by Crippen LogP contribution is 2.42. The van der Waals surface area contributed by atoms with Gasteiger partial charge in [0.1, 0.15) is 17.8 Å². The first kappa shape index (κ1) is 25.2. The number of amidine groups is 1. The second-order valence-electron chi connectivity index (χ2n) is 9.63. The first-order chi connectivity index (χ1) is 19.5. The number of nitrogens with zero attached hydrogens (tertiary/aromatic N) is 5. The molecular formula is C30H30N8O2. The summed E-state index contributed by atoms with van der Waals surface area (Å²) in [7, 11) is 5.40. The molecule has 0 aliphatic carbocycles. The van der Waals surface area contributed by atoms with Gasteiger partial charge in [-0.05, 0) is 53.1 Å². The molecule has 40 heavy (non-hydrogen) atoms. The summed E-state index contributed by atoms with van der Waals surface area (Å²) >= 11 is 0. The lowest BCUT2D eigenvalue weighted by Crippen LogP contribution is -2.45. The number of imidazole rings is 1. The van der Waals surface area contributed by atoms with Gasteiger partial charge in [-0.15, -0.1) is 0 Å².